The van der Waals surface area contributed by atoms with Gasteiger partial charge in [-0.15, -0.1) is 0 Å². The smallest absolute Gasteiger partial charge is 0.265 e. The Balaban J connectivity index is 1.57. The maximum absolute atomic E-state index is 12.8. The average molecular weight is 351 g/mol. The third-order valence-corrected chi connectivity index (χ3v) is 4.49. The minimum absolute atomic E-state index is 0.0884. The van der Waals surface area contributed by atoms with Crippen molar-refractivity contribution in [2.24, 2.45) is 0 Å². The second kappa shape index (κ2) is 6.18. The van der Waals surface area contributed by atoms with Gasteiger partial charge in [-0.3, -0.25) is 14.4 Å². The van der Waals surface area contributed by atoms with Gasteiger partial charge in [-0.2, -0.15) is 0 Å². The molecule has 2 aliphatic rings. The molecule has 0 bridgehead atoms. The van der Waals surface area contributed by atoms with E-state index in [1.54, 1.807) is 31.2 Å². The van der Waals surface area contributed by atoms with Crippen LogP contribution in [0.3, 0.4) is 0 Å². The number of ether oxygens (including phenoxy) is 1. The van der Waals surface area contributed by atoms with Gasteiger partial charge in [0.15, 0.2) is 6.10 Å². The lowest BCUT2D eigenvalue weighted by atomic mass is 9.90. The summed E-state index contributed by atoms with van der Waals surface area (Å²) in [4.78, 5) is 36.4. The van der Waals surface area contributed by atoms with E-state index >= 15 is 0 Å². The standard InChI is InChI=1S/C19H17N3O4/c1-10-18(24)22-15-8-11(6-7-16(15)26-10)20-19(25)13-9-17(23)21-14-5-3-2-4-12(13)14/h2-8,10,13H,9H2,1H3,(H,20,25)(H,21,23)(H,22,24)/t10-,13-/m0/s1. The highest BCUT2D eigenvalue weighted by Gasteiger charge is 2.31. The number of anilines is 3. The molecule has 0 aliphatic carbocycles. The molecule has 4 rings (SSSR count). The highest BCUT2D eigenvalue weighted by molar-refractivity contribution is 6.05. The van der Waals surface area contributed by atoms with E-state index in [1.807, 2.05) is 18.2 Å². The molecule has 0 saturated heterocycles. The van der Waals surface area contributed by atoms with Crippen molar-refractivity contribution < 1.29 is 19.1 Å². The van der Waals surface area contributed by atoms with Crippen LogP contribution >= 0.6 is 0 Å². The highest BCUT2D eigenvalue weighted by Crippen LogP contribution is 2.35. The van der Waals surface area contributed by atoms with Crippen LogP contribution in [0.2, 0.25) is 0 Å². The van der Waals surface area contributed by atoms with Gasteiger partial charge in [-0.1, -0.05) is 18.2 Å². The van der Waals surface area contributed by atoms with Crippen LogP contribution in [0.5, 0.6) is 5.75 Å². The molecule has 0 spiro atoms. The summed E-state index contributed by atoms with van der Waals surface area (Å²) in [5, 5.41) is 8.35. The molecular weight excluding hydrogens is 334 g/mol. The number of hydrogen-bond acceptors (Lipinski definition) is 4. The number of fused-ring (bicyclic) bond motifs is 2. The van der Waals surface area contributed by atoms with Crippen LogP contribution in [0.1, 0.15) is 24.8 Å². The second-order valence-electron chi connectivity index (χ2n) is 6.34. The Morgan fingerprint density at radius 2 is 1.92 bits per heavy atom. The highest BCUT2D eigenvalue weighted by atomic mass is 16.5. The Morgan fingerprint density at radius 1 is 1.12 bits per heavy atom. The minimum atomic E-state index is -0.568. The molecule has 7 heteroatoms. The van der Waals surface area contributed by atoms with Crippen LogP contribution in [-0.2, 0) is 14.4 Å². The Hall–Kier alpha value is -3.35. The normalized spacial score (nSPS) is 20.8. The van der Waals surface area contributed by atoms with Gasteiger partial charge in [0.2, 0.25) is 11.8 Å². The van der Waals surface area contributed by atoms with Crippen molar-refractivity contribution in [3.8, 4) is 5.75 Å². The summed E-state index contributed by atoms with van der Waals surface area (Å²) in [6, 6.07) is 12.3. The number of carbonyl (C=O) groups excluding carboxylic acids is 3. The molecule has 2 heterocycles. The van der Waals surface area contributed by atoms with Crippen molar-refractivity contribution in [2.45, 2.75) is 25.4 Å². The molecule has 2 atom stereocenters. The van der Waals surface area contributed by atoms with Gasteiger partial charge in [0.05, 0.1) is 11.6 Å². The number of amides is 3. The van der Waals surface area contributed by atoms with E-state index in [4.69, 9.17) is 4.74 Å². The molecule has 2 aromatic carbocycles. The third kappa shape index (κ3) is 2.88. The zero-order valence-electron chi connectivity index (χ0n) is 14.0. The van der Waals surface area contributed by atoms with E-state index in [-0.39, 0.29) is 24.1 Å². The molecule has 0 saturated carbocycles. The monoisotopic (exact) mass is 351 g/mol. The lowest BCUT2D eigenvalue weighted by Crippen LogP contribution is -2.34. The number of nitrogens with one attached hydrogen (secondary N) is 3. The van der Waals surface area contributed by atoms with Crippen LogP contribution in [0.15, 0.2) is 42.5 Å². The molecule has 132 valence electrons. The van der Waals surface area contributed by atoms with Crippen LogP contribution in [0.25, 0.3) is 0 Å². The molecule has 0 unspecified atom stereocenters. The number of para-hydroxylation sites is 1. The molecule has 0 fully saturated rings. The lowest BCUT2D eigenvalue weighted by molar-refractivity contribution is -0.123. The topological polar surface area (TPSA) is 96.5 Å². The molecule has 0 radical (unpaired) electrons. The first-order valence-corrected chi connectivity index (χ1v) is 8.32. The zero-order chi connectivity index (χ0) is 18.3. The van der Waals surface area contributed by atoms with E-state index in [9.17, 15) is 14.4 Å². The summed E-state index contributed by atoms with van der Waals surface area (Å²) >= 11 is 0. The molecule has 3 N–H and O–H groups in total. The quantitative estimate of drug-likeness (QED) is 0.774. The van der Waals surface area contributed by atoms with Gasteiger partial charge in [-0.25, -0.2) is 0 Å². The fourth-order valence-electron chi connectivity index (χ4n) is 3.16. The first-order valence-electron chi connectivity index (χ1n) is 8.32. The Bertz CT molecular complexity index is 925. The molecule has 26 heavy (non-hydrogen) atoms. The zero-order valence-corrected chi connectivity index (χ0v) is 14.0. The van der Waals surface area contributed by atoms with Gasteiger partial charge in [0, 0.05) is 17.8 Å². The number of rotatable bonds is 2. The second-order valence-corrected chi connectivity index (χ2v) is 6.34. The van der Waals surface area contributed by atoms with Gasteiger partial charge >= 0.3 is 0 Å². The van der Waals surface area contributed by atoms with Crippen LogP contribution in [0.4, 0.5) is 17.1 Å². The summed E-state index contributed by atoms with van der Waals surface area (Å²) in [6.45, 7) is 1.67. The van der Waals surface area contributed by atoms with Crippen molar-refractivity contribution in [3.05, 3.63) is 48.0 Å². The average Bonchev–Trinajstić information content (AvgIpc) is 2.62. The van der Waals surface area contributed by atoms with Gasteiger partial charge in [-0.05, 0) is 36.8 Å². The van der Waals surface area contributed by atoms with Crippen LogP contribution in [-0.4, -0.2) is 23.8 Å². The summed E-state index contributed by atoms with van der Waals surface area (Å²) in [6.07, 6.45) is -0.467. The molecule has 0 aromatic heterocycles. The van der Waals surface area contributed by atoms with Crippen molar-refractivity contribution in [1.29, 1.82) is 0 Å². The van der Waals surface area contributed by atoms with Crippen molar-refractivity contribution in [1.82, 2.24) is 0 Å². The number of hydrogen-bond donors (Lipinski definition) is 3. The van der Waals surface area contributed by atoms with E-state index in [1.165, 1.54) is 0 Å². The van der Waals surface area contributed by atoms with Gasteiger partial charge in [0.1, 0.15) is 5.75 Å². The fourth-order valence-corrected chi connectivity index (χ4v) is 3.16. The van der Waals surface area contributed by atoms with E-state index in [2.05, 4.69) is 16.0 Å². The SMILES string of the molecule is C[C@@H]1Oc2ccc(NC(=O)[C@H]3CC(=O)Nc4ccccc43)cc2NC1=O. The Kier molecular flexibility index (Phi) is 3.84. The third-order valence-electron chi connectivity index (χ3n) is 4.49. The Morgan fingerprint density at radius 3 is 2.77 bits per heavy atom. The van der Waals surface area contributed by atoms with Crippen molar-refractivity contribution in [3.63, 3.8) is 0 Å². The first kappa shape index (κ1) is 16.1. The number of benzene rings is 2. The number of carbonyl (C=O) groups is 3. The molecular formula is C19H17N3O4. The fraction of sp³-hybridized carbons (Fsp3) is 0.211. The van der Waals surface area contributed by atoms with Crippen LogP contribution in [0, 0.1) is 0 Å². The summed E-state index contributed by atoms with van der Waals surface area (Å²) < 4.78 is 5.50. The van der Waals surface area contributed by atoms with E-state index in [0.29, 0.717) is 22.8 Å². The molecule has 2 aromatic rings. The predicted molar refractivity (Wildman–Crippen MR) is 96.2 cm³/mol. The molecule has 2 aliphatic heterocycles. The van der Waals surface area contributed by atoms with Crippen molar-refractivity contribution in [2.75, 3.05) is 16.0 Å². The summed E-state index contributed by atoms with van der Waals surface area (Å²) in [7, 11) is 0. The lowest BCUT2D eigenvalue weighted by Gasteiger charge is -2.26. The van der Waals surface area contributed by atoms with E-state index < -0.39 is 12.0 Å². The maximum Gasteiger partial charge on any atom is 0.265 e. The minimum Gasteiger partial charge on any atom is -0.479 e. The molecule has 7 nitrogen and oxygen atoms in total. The maximum atomic E-state index is 12.8. The predicted octanol–water partition coefficient (Wildman–Crippen LogP) is 2.47. The summed E-state index contributed by atoms with van der Waals surface area (Å²) in [5.74, 6) is -0.717. The summed E-state index contributed by atoms with van der Waals surface area (Å²) in [5.41, 5.74) is 2.47. The Labute approximate surface area is 149 Å². The van der Waals surface area contributed by atoms with E-state index in [0.717, 1.165) is 5.56 Å². The van der Waals surface area contributed by atoms with Gasteiger partial charge in [0.25, 0.3) is 5.91 Å². The van der Waals surface area contributed by atoms with Crippen molar-refractivity contribution >= 4 is 34.8 Å². The van der Waals surface area contributed by atoms with Crippen LogP contribution < -0.4 is 20.7 Å². The molecule has 3 amide bonds. The van der Waals surface area contributed by atoms with Gasteiger partial charge < -0.3 is 20.7 Å². The first-order chi connectivity index (χ1) is 12.5. The largest absolute Gasteiger partial charge is 0.479 e.